The Balaban J connectivity index is 1.91. The van der Waals surface area contributed by atoms with E-state index in [1.807, 2.05) is 12.1 Å². The average Bonchev–Trinajstić information content (AvgIpc) is 2.63. The van der Waals surface area contributed by atoms with Gasteiger partial charge in [0.05, 0.1) is 20.7 Å². The van der Waals surface area contributed by atoms with Crippen LogP contribution in [0, 0.1) is 0 Å². The van der Waals surface area contributed by atoms with Crippen molar-refractivity contribution in [3.63, 3.8) is 0 Å². The van der Waals surface area contributed by atoms with Crippen LogP contribution in [0.5, 0.6) is 11.5 Å². The molecule has 1 N–H and O–H groups in total. The van der Waals surface area contributed by atoms with Crippen LogP contribution in [0.2, 0.25) is 0 Å². The lowest BCUT2D eigenvalue weighted by molar-refractivity contribution is -0.914. The van der Waals surface area contributed by atoms with Crippen LogP contribution < -0.4 is 13.8 Å². The molecule has 0 amide bonds. The molecule has 4 rings (SSSR count). The molecule has 0 spiro atoms. The molecule has 2 aromatic carbocycles. The van der Waals surface area contributed by atoms with Gasteiger partial charge in [0.1, 0.15) is 6.04 Å². The van der Waals surface area contributed by atoms with E-state index in [1.54, 1.807) is 6.07 Å². The van der Waals surface area contributed by atoms with Crippen molar-refractivity contribution < 1.29 is 35.4 Å². The van der Waals surface area contributed by atoms with Crippen LogP contribution in [0.1, 0.15) is 22.7 Å². The molecule has 2 aliphatic rings. The third-order valence-electron chi connectivity index (χ3n) is 5.52. The highest BCUT2D eigenvalue weighted by Crippen LogP contribution is 2.49. The van der Waals surface area contributed by atoms with Crippen molar-refractivity contribution in [2.24, 2.45) is 0 Å². The average molecular weight is 414 g/mol. The van der Waals surface area contributed by atoms with Gasteiger partial charge in [0.25, 0.3) is 0 Å². The molecule has 0 aromatic heterocycles. The number of nitrogens with one attached hydrogen (secondary N) is 1. The smallest absolute Gasteiger partial charge is 0.492 e. The predicted octanol–water partition coefficient (Wildman–Crippen LogP) is 2.26. The minimum absolute atomic E-state index is 0.000372. The first-order valence-electron chi connectivity index (χ1n) is 8.79. The van der Waals surface area contributed by atoms with Crippen LogP contribution in [0.15, 0.2) is 30.3 Å². The van der Waals surface area contributed by atoms with Gasteiger partial charge < -0.3 is 13.8 Å². The van der Waals surface area contributed by atoms with Gasteiger partial charge in [0.15, 0.2) is 11.5 Å². The fraction of sp³-hybridized carbons (Fsp3) is 0.368. The Labute approximate surface area is 160 Å². The standard InChI is InChI=1S/C19H18F3NO4S/c1-23-9-8-11-4-3-5-13-16(11)14(23)10-12-6-7-15(18(26-2)17(12)13)27-28(24,25)19(20,21)22/h3-7,14H,8-10H2,1-2H3/p+1. The van der Waals surface area contributed by atoms with Crippen molar-refractivity contribution in [3.05, 3.63) is 47.0 Å². The number of methoxy groups -OCH3 is 1. The number of hydrogen-bond donors (Lipinski definition) is 1. The van der Waals surface area contributed by atoms with Crippen molar-refractivity contribution in [1.29, 1.82) is 0 Å². The molecule has 1 heterocycles. The topological polar surface area (TPSA) is 57.0 Å². The summed E-state index contributed by atoms with van der Waals surface area (Å²) in [5.41, 5.74) is -0.820. The van der Waals surface area contributed by atoms with Gasteiger partial charge in [-0.05, 0) is 22.8 Å². The summed E-state index contributed by atoms with van der Waals surface area (Å²) in [6.07, 6.45) is 1.59. The van der Waals surface area contributed by atoms with E-state index < -0.39 is 21.4 Å². The summed E-state index contributed by atoms with van der Waals surface area (Å²) in [5.74, 6) is -0.466. The molecule has 0 radical (unpaired) electrons. The number of benzene rings is 2. The van der Waals surface area contributed by atoms with Crippen LogP contribution >= 0.6 is 0 Å². The summed E-state index contributed by atoms with van der Waals surface area (Å²) in [5, 5.41) is 0. The SMILES string of the molecule is COc1c(OS(=O)(=O)C(F)(F)F)ccc2c1-c1cccc3c1C(C2)[NH+](C)CC3. The van der Waals surface area contributed by atoms with E-state index in [9.17, 15) is 21.6 Å². The van der Waals surface area contributed by atoms with E-state index in [1.165, 1.54) is 23.6 Å². The number of alkyl halides is 3. The van der Waals surface area contributed by atoms with E-state index in [0.29, 0.717) is 12.0 Å². The Morgan fingerprint density at radius 3 is 2.57 bits per heavy atom. The van der Waals surface area contributed by atoms with Gasteiger partial charge in [-0.15, -0.1) is 0 Å². The van der Waals surface area contributed by atoms with Crippen molar-refractivity contribution in [2.45, 2.75) is 24.4 Å². The normalized spacial score (nSPS) is 20.9. The molecular formula is C19H19F3NO4S+. The second kappa shape index (κ2) is 6.38. The minimum atomic E-state index is -5.79. The van der Waals surface area contributed by atoms with Crippen LogP contribution in [-0.4, -0.2) is 34.6 Å². The number of ether oxygens (including phenoxy) is 1. The highest BCUT2D eigenvalue weighted by atomic mass is 32.2. The van der Waals surface area contributed by atoms with E-state index >= 15 is 0 Å². The Bertz CT molecular complexity index is 1050. The summed E-state index contributed by atoms with van der Waals surface area (Å²) >= 11 is 0. The number of quaternary nitrogens is 1. The molecule has 0 saturated carbocycles. The number of rotatable bonds is 3. The third-order valence-corrected chi connectivity index (χ3v) is 6.48. The zero-order valence-corrected chi connectivity index (χ0v) is 16.1. The van der Waals surface area contributed by atoms with Gasteiger partial charge in [-0.3, -0.25) is 0 Å². The van der Waals surface area contributed by atoms with Gasteiger partial charge >= 0.3 is 15.6 Å². The number of hydrogen-bond acceptors (Lipinski definition) is 4. The maximum absolute atomic E-state index is 12.8. The first-order chi connectivity index (χ1) is 13.1. The second-order valence-corrected chi connectivity index (χ2v) is 8.63. The quantitative estimate of drug-likeness (QED) is 0.619. The zero-order chi connectivity index (χ0) is 20.3. The van der Waals surface area contributed by atoms with E-state index in [0.717, 1.165) is 29.7 Å². The monoisotopic (exact) mass is 414 g/mol. The van der Waals surface area contributed by atoms with Crippen LogP contribution in [0.25, 0.3) is 11.1 Å². The summed E-state index contributed by atoms with van der Waals surface area (Å²) in [4.78, 5) is 1.37. The molecule has 2 atom stereocenters. The zero-order valence-electron chi connectivity index (χ0n) is 15.3. The van der Waals surface area contributed by atoms with E-state index in [2.05, 4.69) is 17.3 Å². The molecule has 28 heavy (non-hydrogen) atoms. The largest absolute Gasteiger partial charge is 0.534 e. The van der Waals surface area contributed by atoms with E-state index in [4.69, 9.17) is 4.74 Å². The van der Waals surface area contributed by atoms with Crippen LogP contribution in [-0.2, 0) is 23.0 Å². The van der Waals surface area contributed by atoms with Gasteiger partial charge in [-0.2, -0.15) is 21.6 Å². The van der Waals surface area contributed by atoms with Gasteiger partial charge in [0.2, 0.25) is 0 Å². The molecule has 0 bridgehead atoms. The first kappa shape index (κ1) is 19.1. The fourth-order valence-corrected chi connectivity index (χ4v) is 4.67. The van der Waals surface area contributed by atoms with Crippen LogP contribution in [0.4, 0.5) is 13.2 Å². The van der Waals surface area contributed by atoms with Gasteiger partial charge in [0, 0.05) is 24.0 Å². The van der Waals surface area contributed by atoms with Crippen molar-refractivity contribution in [1.82, 2.24) is 0 Å². The lowest BCUT2D eigenvalue weighted by Gasteiger charge is -2.37. The molecule has 150 valence electrons. The molecule has 2 unspecified atom stereocenters. The van der Waals surface area contributed by atoms with E-state index in [-0.39, 0.29) is 11.8 Å². The molecule has 0 saturated heterocycles. The highest BCUT2D eigenvalue weighted by Gasteiger charge is 2.49. The molecular weight excluding hydrogens is 395 g/mol. The Morgan fingerprint density at radius 2 is 1.89 bits per heavy atom. The molecule has 1 aliphatic heterocycles. The number of likely N-dealkylation sites (N-methyl/N-ethyl adjacent to an activating group) is 1. The lowest BCUT2D eigenvalue weighted by atomic mass is 9.77. The molecule has 5 nitrogen and oxygen atoms in total. The lowest BCUT2D eigenvalue weighted by Crippen LogP contribution is -3.10. The maximum atomic E-state index is 12.8. The fourth-order valence-electron chi connectivity index (χ4n) is 4.21. The summed E-state index contributed by atoms with van der Waals surface area (Å²) in [7, 11) is -2.37. The predicted molar refractivity (Wildman–Crippen MR) is 95.9 cm³/mol. The Kier molecular flexibility index (Phi) is 4.35. The third kappa shape index (κ3) is 2.84. The highest BCUT2D eigenvalue weighted by molar-refractivity contribution is 7.88. The summed E-state index contributed by atoms with van der Waals surface area (Å²) in [6.45, 7) is 0.999. The number of halogens is 3. The second-order valence-electron chi connectivity index (χ2n) is 7.10. The molecule has 2 aromatic rings. The molecule has 9 heteroatoms. The van der Waals surface area contributed by atoms with Crippen molar-refractivity contribution >= 4 is 10.1 Å². The first-order valence-corrected chi connectivity index (χ1v) is 10.2. The maximum Gasteiger partial charge on any atom is 0.534 e. The molecule has 0 fully saturated rings. The summed E-state index contributed by atoms with van der Waals surface area (Å²) < 4.78 is 71.1. The number of fused-ring (bicyclic) bond motifs is 2. The minimum Gasteiger partial charge on any atom is -0.492 e. The van der Waals surface area contributed by atoms with Crippen LogP contribution in [0.3, 0.4) is 0 Å². The Hall–Kier alpha value is -2.26. The van der Waals surface area contributed by atoms with Gasteiger partial charge in [-0.1, -0.05) is 24.3 Å². The van der Waals surface area contributed by atoms with Crippen molar-refractivity contribution in [3.8, 4) is 22.6 Å². The Morgan fingerprint density at radius 1 is 1.14 bits per heavy atom. The van der Waals surface area contributed by atoms with Gasteiger partial charge in [-0.25, -0.2) is 0 Å². The summed E-state index contributed by atoms with van der Waals surface area (Å²) in [6, 6.07) is 8.95. The molecule has 1 aliphatic carbocycles. The van der Waals surface area contributed by atoms with Crippen molar-refractivity contribution in [2.75, 3.05) is 20.7 Å².